The first-order chi connectivity index (χ1) is 17.1. The van der Waals surface area contributed by atoms with Gasteiger partial charge in [-0.25, -0.2) is 4.98 Å². The second-order valence-electron chi connectivity index (χ2n) is 9.95. The predicted molar refractivity (Wildman–Crippen MR) is 141 cm³/mol. The van der Waals surface area contributed by atoms with Gasteiger partial charge in [0.15, 0.2) is 0 Å². The molecular weight excluding hydrogens is 434 g/mol. The highest BCUT2D eigenvalue weighted by molar-refractivity contribution is 5.79. The van der Waals surface area contributed by atoms with Gasteiger partial charge < -0.3 is 15.1 Å². The Morgan fingerprint density at radius 3 is 2.34 bits per heavy atom. The number of carbonyl (C=O) groups is 1. The van der Waals surface area contributed by atoms with Crippen molar-refractivity contribution in [2.75, 3.05) is 36.4 Å². The van der Waals surface area contributed by atoms with E-state index in [4.69, 9.17) is 4.98 Å². The van der Waals surface area contributed by atoms with E-state index >= 15 is 0 Å². The maximum Gasteiger partial charge on any atom is 0.227 e. The molecule has 1 aromatic heterocycles. The Morgan fingerprint density at radius 2 is 1.63 bits per heavy atom. The van der Waals surface area contributed by atoms with E-state index in [0.717, 1.165) is 75.7 Å². The Kier molecular flexibility index (Phi) is 7.26. The number of aryl methyl sites for hydroxylation is 1. The fraction of sp³-hybridized carbons (Fsp3) is 0.414. The molecule has 35 heavy (non-hydrogen) atoms. The van der Waals surface area contributed by atoms with Gasteiger partial charge in [-0.3, -0.25) is 4.79 Å². The number of nitrogens with one attached hydrogen (secondary N) is 1. The lowest BCUT2D eigenvalue weighted by Crippen LogP contribution is -2.46. The number of benzene rings is 2. The number of carbonyl (C=O) groups excluding carboxylic acids is 1. The van der Waals surface area contributed by atoms with Crippen molar-refractivity contribution < 1.29 is 4.79 Å². The van der Waals surface area contributed by atoms with Crippen LogP contribution in [0.5, 0.6) is 0 Å². The molecule has 0 bridgehead atoms. The summed E-state index contributed by atoms with van der Waals surface area (Å²) in [6, 6.07) is 20.9. The van der Waals surface area contributed by atoms with E-state index in [1.165, 1.54) is 11.1 Å². The number of piperidine rings is 2. The van der Waals surface area contributed by atoms with Crippen molar-refractivity contribution >= 4 is 23.4 Å². The van der Waals surface area contributed by atoms with Crippen LogP contribution in [0, 0.1) is 18.8 Å². The minimum atomic E-state index is 0.116. The fourth-order valence-electron chi connectivity index (χ4n) is 5.24. The lowest BCUT2D eigenvalue weighted by molar-refractivity contribution is -0.137. The Morgan fingerprint density at radius 1 is 0.914 bits per heavy atom. The average Bonchev–Trinajstić information content (AvgIpc) is 2.91. The van der Waals surface area contributed by atoms with E-state index < -0.39 is 0 Å². The second-order valence-corrected chi connectivity index (χ2v) is 9.95. The molecular formula is C29H35N5O. The third-order valence-corrected chi connectivity index (χ3v) is 7.39. The molecule has 0 aliphatic carbocycles. The van der Waals surface area contributed by atoms with Crippen LogP contribution in [0.25, 0.3) is 0 Å². The minimum absolute atomic E-state index is 0.116. The molecule has 0 spiro atoms. The summed E-state index contributed by atoms with van der Waals surface area (Å²) in [5.74, 6) is 2.66. The Hall–Kier alpha value is -3.41. The summed E-state index contributed by atoms with van der Waals surface area (Å²) in [4.78, 5) is 26.8. The molecule has 3 heterocycles. The Bertz CT molecular complexity index is 1100. The molecule has 0 saturated carbocycles. The van der Waals surface area contributed by atoms with Gasteiger partial charge in [-0.15, -0.1) is 0 Å². The van der Waals surface area contributed by atoms with Crippen LogP contribution < -0.4 is 10.2 Å². The van der Waals surface area contributed by atoms with Crippen LogP contribution in [0.2, 0.25) is 0 Å². The molecule has 6 heteroatoms. The zero-order valence-corrected chi connectivity index (χ0v) is 20.6. The van der Waals surface area contributed by atoms with Gasteiger partial charge in [-0.1, -0.05) is 48.0 Å². The molecule has 0 unspecified atom stereocenters. The van der Waals surface area contributed by atoms with Crippen molar-refractivity contribution in [3.05, 3.63) is 78.0 Å². The molecule has 182 valence electrons. The van der Waals surface area contributed by atoms with E-state index in [9.17, 15) is 4.79 Å². The van der Waals surface area contributed by atoms with Crippen LogP contribution in [-0.4, -0.2) is 47.0 Å². The van der Waals surface area contributed by atoms with E-state index in [1.807, 2.05) is 6.07 Å². The number of aromatic nitrogens is 2. The lowest BCUT2D eigenvalue weighted by atomic mass is 9.88. The Balaban J connectivity index is 1.10. The third kappa shape index (κ3) is 5.99. The summed E-state index contributed by atoms with van der Waals surface area (Å²) in [5.41, 5.74) is 3.65. The SMILES string of the molecule is Cc1ccc(Nc2ccnc(N3CCC(C(=O)N4CCC(Cc5ccccc5)CC4)CC3)n2)cc1. The summed E-state index contributed by atoms with van der Waals surface area (Å²) in [6.07, 6.45) is 6.86. The van der Waals surface area contributed by atoms with Crippen LogP contribution in [0.3, 0.4) is 0 Å². The summed E-state index contributed by atoms with van der Waals surface area (Å²) in [6.45, 7) is 5.50. The monoisotopic (exact) mass is 469 g/mol. The number of amides is 1. The molecule has 2 aliphatic rings. The van der Waals surface area contributed by atoms with Crippen molar-refractivity contribution in [1.82, 2.24) is 14.9 Å². The highest BCUT2D eigenvalue weighted by atomic mass is 16.2. The third-order valence-electron chi connectivity index (χ3n) is 7.39. The van der Waals surface area contributed by atoms with E-state index in [2.05, 4.69) is 81.6 Å². The summed E-state index contributed by atoms with van der Waals surface area (Å²) >= 11 is 0. The molecule has 6 nitrogen and oxygen atoms in total. The standard InChI is InChI=1S/C29H35N5O/c1-22-7-9-26(10-8-22)31-27-11-16-30-29(32-27)34-19-14-25(15-20-34)28(35)33-17-12-24(13-18-33)21-23-5-3-2-4-6-23/h2-11,16,24-25H,12-15,17-21H2,1H3,(H,30,31,32). The lowest BCUT2D eigenvalue weighted by Gasteiger charge is -2.37. The second kappa shape index (κ2) is 10.9. The minimum Gasteiger partial charge on any atom is -0.342 e. The summed E-state index contributed by atoms with van der Waals surface area (Å²) in [5, 5.41) is 3.36. The van der Waals surface area contributed by atoms with Gasteiger partial charge in [0.25, 0.3) is 0 Å². The maximum absolute atomic E-state index is 13.2. The molecule has 3 aromatic rings. The highest BCUT2D eigenvalue weighted by Gasteiger charge is 2.31. The van der Waals surface area contributed by atoms with Gasteiger partial charge in [0.1, 0.15) is 5.82 Å². The van der Waals surface area contributed by atoms with Crippen LogP contribution >= 0.6 is 0 Å². The van der Waals surface area contributed by atoms with Crippen LogP contribution in [0.15, 0.2) is 66.9 Å². The zero-order chi connectivity index (χ0) is 24.0. The average molecular weight is 470 g/mol. The number of rotatable bonds is 6. The maximum atomic E-state index is 13.2. The predicted octanol–water partition coefficient (Wildman–Crippen LogP) is 5.23. The topological polar surface area (TPSA) is 61.4 Å². The van der Waals surface area contributed by atoms with Crippen LogP contribution in [0.4, 0.5) is 17.5 Å². The van der Waals surface area contributed by atoms with Crippen molar-refractivity contribution in [1.29, 1.82) is 0 Å². The number of anilines is 3. The van der Waals surface area contributed by atoms with Crippen molar-refractivity contribution in [2.45, 2.75) is 39.0 Å². The molecule has 5 rings (SSSR count). The van der Waals surface area contributed by atoms with E-state index in [0.29, 0.717) is 11.8 Å². The molecule has 0 radical (unpaired) electrons. The molecule has 2 fully saturated rings. The smallest absolute Gasteiger partial charge is 0.227 e. The summed E-state index contributed by atoms with van der Waals surface area (Å²) in [7, 11) is 0. The molecule has 0 atom stereocenters. The van der Waals surface area contributed by atoms with Gasteiger partial charge in [-0.2, -0.15) is 4.98 Å². The van der Waals surface area contributed by atoms with Gasteiger partial charge >= 0.3 is 0 Å². The first kappa shape index (κ1) is 23.3. The molecule has 1 N–H and O–H groups in total. The van der Waals surface area contributed by atoms with Crippen molar-refractivity contribution in [3.63, 3.8) is 0 Å². The quantitative estimate of drug-likeness (QED) is 0.536. The van der Waals surface area contributed by atoms with Gasteiger partial charge in [0, 0.05) is 44.0 Å². The number of hydrogen-bond donors (Lipinski definition) is 1. The molecule has 2 saturated heterocycles. The van der Waals surface area contributed by atoms with Crippen LogP contribution in [-0.2, 0) is 11.2 Å². The molecule has 2 aromatic carbocycles. The first-order valence-corrected chi connectivity index (χ1v) is 12.9. The van der Waals surface area contributed by atoms with Crippen molar-refractivity contribution in [2.24, 2.45) is 11.8 Å². The summed E-state index contributed by atoms with van der Waals surface area (Å²) < 4.78 is 0. The van der Waals surface area contributed by atoms with E-state index in [1.54, 1.807) is 6.20 Å². The zero-order valence-electron chi connectivity index (χ0n) is 20.6. The highest BCUT2D eigenvalue weighted by Crippen LogP contribution is 2.27. The largest absolute Gasteiger partial charge is 0.342 e. The van der Waals surface area contributed by atoms with Gasteiger partial charge in [0.05, 0.1) is 0 Å². The Labute approximate surface area is 208 Å². The normalized spacial score (nSPS) is 17.4. The first-order valence-electron chi connectivity index (χ1n) is 12.9. The number of hydrogen-bond acceptors (Lipinski definition) is 5. The van der Waals surface area contributed by atoms with Gasteiger partial charge in [-0.05, 0) is 68.7 Å². The van der Waals surface area contributed by atoms with Crippen molar-refractivity contribution in [3.8, 4) is 0 Å². The number of nitrogens with zero attached hydrogens (tertiary/aromatic N) is 4. The number of likely N-dealkylation sites (tertiary alicyclic amines) is 1. The fourth-order valence-corrected chi connectivity index (χ4v) is 5.24. The van der Waals surface area contributed by atoms with Crippen LogP contribution in [0.1, 0.15) is 36.8 Å². The molecule has 2 aliphatic heterocycles. The van der Waals surface area contributed by atoms with E-state index in [-0.39, 0.29) is 5.92 Å². The molecule has 1 amide bonds. The van der Waals surface area contributed by atoms with Gasteiger partial charge in [0.2, 0.25) is 11.9 Å².